The van der Waals surface area contributed by atoms with Crippen LogP contribution in [0, 0.1) is 0 Å². The molecule has 0 N–H and O–H groups in total. The first-order valence-electron chi connectivity index (χ1n) is 5.94. The molecule has 1 unspecified atom stereocenters. The summed E-state index contributed by atoms with van der Waals surface area (Å²) in [6.45, 7) is 5.88. The Morgan fingerprint density at radius 2 is 2.06 bits per heavy atom. The van der Waals surface area contributed by atoms with E-state index in [1.54, 1.807) is 14.2 Å². The predicted molar refractivity (Wildman–Crippen MR) is 74.2 cm³/mol. The highest BCUT2D eigenvalue weighted by Crippen LogP contribution is 2.22. The van der Waals surface area contributed by atoms with Crippen LogP contribution in [0.25, 0.3) is 6.08 Å². The number of benzene rings is 1. The molecule has 4 heteroatoms. The van der Waals surface area contributed by atoms with E-state index < -0.39 is 0 Å². The van der Waals surface area contributed by atoms with Crippen molar-refractivity contribution in [3.8, 4) is 0 Å². The maximum atomic E-state index is 5.86. The number of methoxy groups -OCH3 is 2. The molecule has 1 aromatic rings. The standard InChI is InChI=1S/C14H20O3Si/c1-5-11-8-7-9-12(10-11)13(6-2)17-18-14(15-3)16-4/h5,7-10,13-14H,1,6H2,2-4H3. The molecule has 0 saturated heterocycles. The predicted octanol–water partition coefficient (Wildman–Crippen LogP) is 2.99. The quantitative estimate of drug-likeness (QED) is 0.533. The van der Waals surface area contributed by atoms with Gasteiger partial charge in [-0.15, -0.1) is 0 Å². The zero-order valence-electron chi connectivity index (χ0n) is 11.2. The molecule has 1 rings (SSSR count). The third-order valence-corrected chi connectivity index (χ3v) is 3.71. The maximum absolute atomic E-state index is 5.86. The Kier molecular flexibility index (Phi) is 6.89. The SMILES string of the molecule is C=Cc1cccc(C(CC)O[Si]C(OC)OC)c1. The third-order valence-electron chi connectivity index (χ3n) is 2.62. The van der Waals surface area contributed by atoms with Crippen molar-refractivity contribution in [2.45, 2.75) is 25.4 Å². The van der Waals surface area contributed by atoms with Gasteiger partial charge in [-0.25, -0.2) is 0 Å². The zero-order valence-corrected chi connectivity index (χ0v) is 12.2. The van der Waals surface area contributed by atoms with Crippen molar-refractivity contribution < 1.29 is 13.9 Å². The minimum absolute atomic E-state index is 0.0658. The lowest BCUT2D eigenvalue weighted by molar-refractivity contribution is -0.0556. The van der Waals surface area contributed by atoms with E-state index in [9.17, 15) is 0 Å². The van der Waals surface area contributed by atoms with Gasteiger partial charge in [0, 0.05) is 14.2 Å². The molecule has 0 aromatic heterocycles. The first kappa shape index (κ1) is 15.1. The zero-order chi connectivity index (χ0) is 13.4. The van der Waals surface area contributed by atoms with Gasteiger partial charge < -0.3 is 13.9 Å². The Morgan fingerprint density at radius 1 is 1.33 bits per heavy atom. The van der Waals surface area contributed by atoms with Crippen molar-refractivity contribution in [2.24, 2.45) is 0 Å². The van der Waals surface area contributed by atoms with Crippen LogP contribution >= 0.6 is 0 Å². The van der Waals surface area contributed by atoms with E-state index in [0.717, 1.165) is 17.5 Å². The Balaban J connectivity index is 2.67. The molecule has 1 atom stereocenters. The van der Waals surface area contributed by atoms with Gasteiger partial charge >= 0.3 is 0 Å². The molecule has 0 bridgehead atoms. The lowest BCUT2D eigenvalue weighted by Crippen LogP contribution is -2.25. The van der Waals surface area contributed by atoms with Gasteiger partial charge in [-0.3, -0.25) is 0 Å². The number of rotatable bonds is 8. The molecule has 0 heterocycles. The summed E-state index contributed by atoms with van der Waals surface area (Å²) in [5.74, 6) is -0.290. The second-order valence-electron chi connectivity index (χ2n) is 3.81. The summed E-state index contributed by atoms with van der Waals surface area (Å²) < 4.78 is 16.1. The fourth-order valence-electron chi connectivity index (χ4n) is 1.60. The average molecular weight is 264 g/mol. The molecular weight excluding hydrogens is 244 g/mol. The number of ether oxygens (including phenoxy) is 2. The minimum atomic E-state index is -0.290. The number of hydrogen-bond donors (Lipinski definition) is 0. The molecule has 3 nitrogen and oxygen atoms in total. The van der Waals surface area contributed by atoms with Crippen molar-refractivity contribution in [3.63, 3.8) is 0 Å². The summed E-state index contributed by atoms with van der Waals surface area (Å²) in [5, 5.41) is 0. The normalized spacial score (nSPS) is 12.7. The molecule has 0 saturated carbocycles. The second-order valence-corrected chi connectivity index (χ2v) is 4.75. The van der Waals surface area contributed by atoms with Crippen molar-refractivity contribution in [3.05, 3.63) is 42.0 Å². The molecule has 2 radical (unpaired) electrons. The topological polar surface area (TPSA) is 27.7 Å². The summed E-state index contributed by atoms with van der Waals surface area (Å²) in [7, 11) is 3.39. The highest BCUT2D eigenvalue weighted by Gasteiger charge is 2.15. The number of hydrogen-bond acceptors (Lipinski definition) is 3. The van der Waals surface area contributed by atoms with Crippen LogP contribution in [0.4, 0.5) is 0 Å². The van der Waals surface area contributed by atoms with Gasteiger partial charge in [0.1, 0.15) is 0 Å². The summed E-state index contributed by atoms with van der Waals surface area (Å²) in [5.41, 5.74) is 2.27. The monoisotopic (exact) mass is 264 g/mol. The van der Waals surface area contributed by atoms with Crippen LogP contribution in [0.2, 0.25) is 0 Å². The molecule has 0 aliphatic rings. The van der Waals surface area contributed by atoms with Crippen LogP contribution < -0.4 is 0 Å². The second kappa shape index (κ2) is 8.21. The minimum Gasteiger partial charge on any atom is -0.405 e. The Morgan fingerprint density at radius 3 is 2.61 bits per heavy atom. The van der Waals surface area contributed by atoms with Gasteiger partial charge in [0.15, 0.2) is 5.91 Å². The summed E-state index contributed by atoms with van der Waals surface area (Å²) in [4.78, 5) is 0. The molecule has 1 aromatic carbocycles. The Labute approximate surface area is 112 Å². The molecule has 18 heavy (non-hydrogen) atoms. The van der Waals surface area contributed by atoms with Gasteiger partial charge in [0.25, 0.3) is 9.76 Å². The Hall–Kier alpha value is -0.943. The molecule has 0 fully saturated rings. The van der Waals surface area contributed by atoms with Crippen molar-refractivity contribution in [2.75, 3.05) is 14.2 Å². The van der Waals surface area contributed by atoms with E-state index in [4.69, 9.17) is 13.9 Å². The summed E-state index contributed by atoms with van der Waals surface area (Å²) in [6, 6.07) is 8.21. The smallest absolute Gasteiger partial charge is 0.300 e. The van der Waals surface area contributed by atoms with Crippen molar-refractivity contribution >= 4 is 15.8 Å². The third kappa shape index (κ3) is 4.38. The lowest BCUT2D eigenvalue weighted by atomic mass is 10.0. The van der Waals surface area contributed by atoms with Crippen LogP contribution in [-0.4, -0.2) is 29.9 Å². The van der Waals surface area contributed by atoms with E-state index in [2.05, 4.69) is 25.6 Å². The van der Waals surface area contributed by atoms with Gasteiger partial charge in [0.05, 0.1) is 6.10 Å². The molecule has 98 valence electrons. The van der Waals surface area contributed by atoms with E-state index in [1.165, 1.54) is 0 Å². The van der Waals surface area contributed by atoms with Crippen LogP contribution in [0.3, 0.4) is 0 Å². The molecule has 0 aliphatic carbocycles. The van der Waals surface area contributed by atoms with Crippen LogP contribution in [0.5, 0.6) is 0 Å². The largest absolute Gasteiger partial charge is 0.405 e. The van der Waals surface area contributed by atoms with E-state index in [1.807, 2.05) is 18.2 Å². The highest BCUT2D eigenvalue weighted by molar-refractivity contribution is 6.28. The van der Waals surface area contributed by atoms with Crippen molar-refractivity contribution in [1.29, 1.82) is 0 Å². The molecule has 0 aliphatic heterocycles. The first-order chi connectivity index (χ1) is 8.74. The van der Waals surface area contributed by atoms with Crippen LogP contribution in [-0.2, 0) is 13.9 Å². The van der Waals surface area contributed by atoms with Crippen LogP contribution in [0.15, 0.2) is 30.8 Å². The van der Waals surface area contributed by atoms with Gasteiger partial charge in [0.2, 0.25) is 0 Å². The lowest BCUT2D eigenvalue weighted by Gasteiger charge is -2.19. The van der Waals surface area contributed by atoms with E-state index in [-0.39, 0.29) is 21.8 Å². The fourth-order valence-corrected chi connectivity index (χ4v) is 2.37. The van der Waals surface area contributed by atoms with Gasteiger partial charge in [-0.1, -0.05) is 37.8 Å². The van der Waals surface area contributed by atoms with E-state index >= 15 is 0 Å². The maximum Gasteiger partial charge on any atom is 0.300 e. The molecule has 0 amide bonds. The van der Waals surface area contributed by atoms with Gasteiger partial charge in [-0.2, -0.15) is 0 Å². The van der Waals surface area contributed by atoms with Crippen molar-refractivity contribution in [1.82, 2.24) is 0 Å². The fraction of sp³-hybridized carbons (Fsp3) is 0.429. The van der Waals surface area contributed by atoms with E-state index in [0.29, 0.717) is 0 Å². The summed E-state index contributed by atoms with van der Waals surface area (Å²) in [6.07, 6.45) is 2.82. The van der Waals surface area contributed by atoms with Gasteiger partial charge in [-0.05, 0) is 23.6 Å². The summed E-state index contributed by atoms with van der Waals surface area (Å²) >= 11 is 0. The first-order valence-corrected chi connectivity index (χ1v) is 6.92. The van der Waals surface area contributed by atoms with Crippen LogP contribution in [0.1, 0.15) is 30.6 Å². The Bertz CT molecular complexity index is 364. The molecule has 0 spiro atoms. The highest BCUT2D eigenvalue weighted by atomic mass is 28.2. The molecular formula is C14H20O3Si. The average Bonchev–Trinajstić information content (AvgIpc) is 2.44.